The molecule has 1 saturated carbocycles. The second-order valence-electron chi connectivity index (χ2n) is 6.78. The summed E-state index contributed by atoms with van der Waals surface area (Å²) in [7, 11) is 0. The normalized spacial score (nSPS) is 26.9. The van der Waals surface area contributed by atoms with Gasteiger partial charge < -0.3 is 9.64 Å². The number of rotatable bonds is 5. The highest BCUT2D eigenvalue weighted by molar-refractivity contribution is 5.81. The van der Waals surface area contributed by atoms with E-state index in [1.807, 2.05) is 4.90 Å². The fraction of sp³-hybridized carbons (Fsp3) is 0.882. The maximum atomic E-state index is 12.2. The summed E-state index contributed by atoms with van der Waals surface area (Å²) >= 11 is 0. The molecular weight excluding hydrogens is 266 g/mol. The standard InChI is InChI=1S/C17H29NO3/c1-13-6-5-7-14(2)18(13)16(19)12-21-17(20)11-10-15-8-3-4-9-15/h13-15H,3-12H2,1-2H3/t13-,14+. The zero-order valence-electron chi connectivity index (χ0n) is 13.5. The van der Waals surface area contributed by atoms with Gasteiger partial charge in [0.2, 0.25) is 0 Å². The lowest BCUT2D eigenvalue weighted by molar-refractivity contribution is -0.155. The molecule has 0 bridgehead atoms. The Balaban J connectivity index is 1.68. The highest BCUT2D eigenvalue weighted by Gasteiger charge is 2.29. The quantitative estimate of drug-likeness (QED) is 0.731. The average molecular weight is 295 g/mol. The van der Waals surface area contributed by atoms with Crippen LogP contribution in [0.2, 0.25) is 0 Å². The summed E-state index contributed by atoms with van der Waals surface area (Å²) in [5, 5.41) is 0. The van der Waals surface area contributed by atoms with Gasteiger partial charge in [-0.2, -0.15) is 0 Å². The molecule has 2 fully saturated rings. The van der Waals surface area contributed by atoms with Crippen LogP contribution in [0.25, 0.3) is 0 Å². The Morgan fingerprint density at radius 1 is 1.00 bits per heavy atom. The third-order valence-corrected chi connectivity index (χ3v) is 5.07. The third-order valence-electron chi connectivity index (χ3n) is 5.07. The van der Waals surface area contributed by atoms with Crippen molar-refractivity contribution in [3.05, 3.63) is 0 Å². The number of amides is 1. The van der Waals surface area contributed by atoms with Gasteiger partial charge in [-0.1, -0.05) is 25.7 Å². The Hall–Kier alpha value is -1.06. The molecule has 2 aliphatic rings. The van der Waals surface area contributed by atoms with E-state index in [9.17, 15) is 9.59 Å². The second kappa shape index (κ2) is 7.81. The molecule has 4 nitrogen and oxygen atoms in total. The van der Waals surface area contributed by atoms with Crippen LogP contribution in [0.15, 0.2) is 0 Å². The first kappa shape index (κ1) is 16.3. The molecule has 1 aliphatic heterocycles. The Morgan fingerprint density at radius 2 is 1.62 bits per heavy atom. The number of carbonyl (C=O) groups is 2. The summed E-state index contributed by atoms with van der Waals surface area (Å²) < 4.78 is 5.18. The summed E-state index contributed by atoms with van der Waals surface area (Å²) in [6.45, 7) is 4.07. The largest absolute Gasteiger partial charge is 0.456 e. The van der Waals surface area contributed by atoms with E-state index in [1.165, 1.54) is 32.1 Å². The van der Waals surface area contributed by atoms with E-state index in [2.05, 4.69) is 13.8 Å². The van der Waals surface area contributed by atoms with Crippen molar-refractivity contribution in [2.45, 2.75) is 83.7 Å². The minimum Gasteiger partial charge on any atom is -0.456 e. The molecule has 120 valence electrons. The van der Waals surface area contributed by atoms with Gasteiger partial charge in [-0.25, -0.2) is 0 Å². The highest BCUT2D eigenvalue weighted by atomic mass is 16.5. The van der Waals surface area contributed by atoms with Crippen LogP contribution in [-0.2, 0) is 14.3 Å². The number of hydrogen-bond acceptors (Lipinski definition) is 3. The molecule has 0 radical (unpaired) electrons. The van der Waals surface area contributed by atoms with E-state index in [4.69, 9.17) is 4.74 Å². The molecule has 0 spiro atoms. The van der Waals surface area contributed by atoms with Crippen LogP contribution in [0.4, 0.5) is 0 Å². The first-order valence-electron chi connectivity index (χ1n) is 8.54. The van der Waals surface area contributed by atoms with Gasteiger partial charge in [0.1, 0.15) is 0 Å². The zero-order valence-corrected chi connectivity index (χ0v) is 13.5. The van der Waals surface area contributed by atoms with Crippen LogP contribution in [0.3, 0.4) is 0 Å². The number of hydrogen-bond donors (Lipinski definition) is 0. The van der Waals surface area contributed by atoms with Gasteiger partial charge in [0.05, 0.1) is 0 Å². The monoisotopic (exact) mass is 295 g/mol. The Bertz CT molecular complexity index is 353. The zero-order chi connectivity index (χ0) is 15.2. The van der Waals surface area contributed by atoms with Crippen LogP contribution in [0.1, 0.15) is 71.6 Å². The Morgan fingerprint density at radius 3 is 2.24 bits per heavy atom. The van der Waals surface area contributed by atoms with Crippen molar-refractivity contribution in [3.63, 3.8) is 0 Å². The molecular formula is C17H29NO3. The van der Waals surface area contributed by atoms with E-state index in [0.29, 0.717) is 12.3 Å². The smallest absolute Gasteiger partial charge is 0.306 e. The van der Waals surface area contributed by atoms with Crippen molar-refractivity contribution >= 4 is 11.9 Å². The molecule has 2 rings (SSSR count). The van der Waals surface area contributed by atoms with E-state index in [-0.39, 0.29) is 30.6 Å². The van der Waals surface area contributed by atoms with Gasteiger partial charge in [0.25, 0.3) is 5.91 Å². The van der Waals surface area contributed by atoms with Crippen molar-refractivity contribution in [1.82, 2.24) is 4.90 Å². The van der Waals surface area contributed by atoms with Crippen LogP contribution in [-0.4, -0.2) is 35.5 Å². The predicted molar refractivity (Wildman–Crippen MR) is 81.8 cm³/mol. The molecule has 4 heteroatoms. The molecule has 1 aliphatic carbocycles. The van der Waals surface area contributed by atoms with Crippen LogP contribution in [0.5, 0.6) is 0 Å². The lowest BCUT2D eigenvalue weighted by Crippen LogP contribution is -2.49. The molecule has 1 amide bonds. The van der Waals surface area contributed by atoms with E-state index >= 15 is 0 Å². The van der Waals surface area contributed by atoms with Crippen molar-refractivity contribution in [2.24, 2.45) is 5.92 Å². The molecule has 0 aromatic rings. The number of likely N-dealkylation sites (tertiary alicyclic amines) is 1. The van der Waals surface area contributed by atoms with Crippen molar-refractivity contribution in [2.75, 3.05) is 6.61 Å². The first-order chi connectivity index (χ1) is 10.1. The minimum atomic E-state index is -0.215. The Kier molecular flexibility index (Phi) is 6.07. The number of ether oxygens (including phenoxy) is 1. The van der Waals surface area contributed by atoms with Crippen LogP contribution < -0.4 is 0 Å². The minimum absolute atomic E-state index is 0.0380. The van der Waals surface area contributed by atoms with Gasteiger partial charge in [0, 0.05) is 18.5 Å². The van der Waals surface area contributed by atoms with Gasteiger partial charge in [-0.05, 0) is 45.4 Å². The van der Waals surface area contributed by atoms with Gasteiger partial charge in [-0.3, -0.25) is 9.59 Å². The molecule has 0 aromatic heterocycles. The maximum Gasteiger partial charge on any atom is 0.306 e. The molecule has 0 N–H and O–H groups in total. The lowest BCUT2D eigenvalue weighted by atomic mass is 9.97. The van der Waals surface area contributed by atoms with Crippen LogP contribution >= 0.6 is 0 Å². The lowest BCUT2D eigenvalue weighted by Gasteiger charge is -2.38. The van der Waals surface area contributed by atoms with Gasteiger partial charge in [0.15, 0.2) is 6.61 Å². The fourth-order valence-electron chi connectivity index (χ4n) is 3.82. The summed E-state index contributed by atoms with van der Waals surface area (Å²) in [4.78, 5) is 25.9. The van der Waals surface area contributed by atoms with E-state index < -0.39 is 0 Å². The Labute approximate surface area is 128 Å². The number of nitrogens with zero attached hydrogens (tertiary/aromatic N) is 1. The average Bonchev–Trinajstić information content (AvgIpc) is 2.96. The summed E-state index contributed by atoms with van der Waals surface area (Å²) in [6, 6.07) is 0.525. The summed E-state index contributed by atoms with van der Waals surface area (Å²) in [5.41, 5.74) is 0. The van der Waals surface area contributed by atoms with Crippen LogP contribution in [0, 0.1) is 5.92 Å². The molecule has 1 saturated heterocycles. The third kappa shape index (κ3) is 4.72. The second-order valence-corrected chi connectivity index (χ2v) is 6.78. The maximum absolute atomic E-state index is 12.2. The van der Waals surface area contributed by atoms with Crippen molar-refractivity contribution in [1.29, 1.82) is 0 Å². The van der Waals surface area contributed by atoms with Crippen molar-refractivity contribution in [3.8, 4) is 0 Å². The molecule has 1 heterocycles. The first-order valence-corrected chi connectivity index (χ1v) is 8.54. The topological polar surface area (TPSA) is 46.6 Å². The molecule has 2 atom stereocenters. The molecule has 0 aromatic carbocycles. The van der Waals surface area contributed by atoms with Crippen molar-refractivity contribution < 1.29 is 14.3 Å². The summed E-state index contributed by atoms with van der Waals surface area (Å²) in [5.74, 6) is 0.437. The highest BCUT2D eigenvalue weighted by Crippen LogP contribution is 2.28. The predicted octanol–water partition coefficient (Wildman–Crippen LogP) is 3.29. The molecule has 0 unspecified atom stereocenters. The number of piperidine rings is 1. The summed E-state index contributed by atoms with van der Waals surface area (Å²) in [6.07, 6.45) is 9.73. The number of esters is 1. The van der Waals surface area contributed by atoms with E-state index in [0.717, 1.165) is 19.3 Å². The van der Waals surface area contributed by atoms with Gasteiger partial charge >= 0.3 is 5.97 Å². The number of carbonyl (C=O) groups excluding carboxylic acids is 2. The van der Waals surface area contributed by atoms with Gasteiger partial charge in [-0.15, -0.1) is 0 Å². The van der Waals surface area contributed by atoms with E-state index in [1.54, 1.807) is 0 Å². The molecule has 21 heavy (non-hydrogen) atoms. The fourth-order valence-corrected chi connectivity index (χ4v) is 3.82. The SMILES string of the molecule is C[C@@H]1CCC[C@H](C)N1C(=O)COC(=O)CCC1CCCC1.